The summed E-state index contributed by atoms with van der Waals surface area (Å²) >= 11 is 1.10. The molecule has 11 heteroatoms. The van der Waals surface area contributed by atoms with Crippen LogP contribution in [0.15, 0.2) is 48.0 Å². The fourth-order valence-corrected chi connectivity index (χ4v) is 4.98. The Morgan fingerprint density at radius 3 is 2.74 bits per heavy atom. The number of nitrogens with zero attached hydrogens (tertiary/aromatic N) is 4. The van der Waals surface area contributed by atoms with E-state index >= 15 is 0 Å². The number of anilines is 1. The maximum Gasteiger partial charge on any atom is 0.301 e. The summed E-state index contributed by atoms with van der Waals surface area (Å²) in [5, 5.41) is 31.3. The topological polar surface area (TPSA) is 136 Å². The summed E-state index contributed by atoms with van der Waals surface area (Å²) in [5.74, 6) is -1.48. The lowest BCUT2D eigenvalue weighted by molar-refractivity contribution is -0.384. The smallest absolute Gasteiger partial charge is 0.301 e. The molecule has 0 aliphatic carbocycles. The van der Waals surface area contributed by atoms with E-state index in [0.29, 0.717) is 28.3 Å². The average molecular weight is 478 g/mol. The first-order chi connectivity index (χ1) is 16.2. The molecule has 0 saturated carbocycles. The highest BCUT2D eigenvalue weighted by Gasteiger charge is 2.48. The number of hydrogen-bond donors (Lipinski definition) is 1. The van der Waals surface area contributed by atoms with E-state index in [2.05, 4.69) is 10.2 Å². The van der Waals surface area contributed by atoms with Gasteiger partial charge >= 0.3 is 5.91 Å². The average Bonchev–Trinajstić information content (AvgIpc) is 3.48. The van der Waals surface area contributed by atoms with Crippen molar-refractivity contribution in [2.75, 3.05) is 4.90 Å². The summed E-state index contributed by atoms with van der Waals surface area (Å²) in [7, 11) is 0. The second-order valence-electron chi connectivity index (χ2n) is 8.08. The minimum absolute atomic E-state index is 0.0107. The second kappa shape index (κ2) is 8.03. The fraction of sp³-hybridized carbons (Fsp3) is 0.217. The lowest BCUT2D eigenvalue weighted by Gasteiger charge is -2.22. The SMILES string of the molecule is Cc1nnc(N2C(=O)C(=O)/C(=C(\O)c3ccc4c(c3)CC(C)O4)C2c2cccc([N+](=O)[O-])c2)s1. The van der Waals surface area contributed by atoms with E-state index in [4.69, 9.17) is 4.74 Å². The van der Waals surface area contributed by atoms with Gasteiger partial charge in [-0.1, -0.05) is 23.5 Å². The molecule has 3 aromatic rings. The number of aliphatic hydroxyl groups excluding tert-OH is 1. The van der Waals surface area contributed by atoms with E-state index in [0.717, 1.165) is 21.8 Å². The lowest BCUT2D eigenvalue weighted by atomic mass is 9.94. The van der Waals surface area contributed by atoms with Crippen molar-refractivity contribution in [2.45, 2.75) is 32.4 Å². The number of benzene rings is 2. The predicted molar refractivity (Wildman–Crippen MR) is 123 cm³/mol. The number of non-ortho nitro benzene ring substituents is 1. The van der Waals surface area contributed by atoms with Gasteiger partial charge in [0.15, 0.2) is 0 Å². The van der Waals surface area contributed by atoms with Gasteiger partial charge in [-0.15, -0.1) is 10.2 Å². The molecule has 2 aliphatic heterocycles. The van der Waals surface area contributed by atoms with Crippen molar-refractivity contribution < 1.29 is 24.4 Å². The van der Waals surface area contributed by atoms with E-state index < -0.39 is 22.7 Å². The maximum atomic E-state index is 13.2. The van der Waals surface area contributed by atoms with Crippen LogP contribution in [0.25, 0.3) is 5.76 Å². The van der Waals surface area contributed by atoms with Gasteiger partial charge in [0, 0.05) is 24.1 Å². The number of hydrogen-bond acceptors (Lipinski definition) is 9. The highest BCUT2D eigenvalue weighted by Crippen LogP contribution is 2.44. The molecule has 2 aromatic carbocycles. The normalized spacial score (nSPS) is 20.9. The molecule has 10 nitrogen and oxygen atoms in total. The first-order valence-corrected chi connectivity index (χ1v) is 11.2. The van der Waals surface area contributed by atoms with Crippen LogP contribution >= 0.6 is 11.3 Å². The summed E-state index contributed by atoms with van der Waals surface area (Å²) in [6, 6.07) is 9.55. The van der Waals surface area contributed by atoms with Crippen LogP contribution < -0.4 is 9.64 Å². The lowest BCUT2D eigenvalue weighted by Crippen LogP contribution is -2.29. The molecule has 1 N–H and O–H groups in total. The number of ether oxygens (including phenoxy) is 1. The number of aliphatic hydroxyl groups is 1. The number of nitro groups is 1. The third kappa shape index (κ3) is 3.50. The molecule has 172 valence electrons. The van der Waals surface area contributed by atoms with E-state index in [9.17, 15) is 24.8 Å². The molecule has 1 saturated heterocycles. The molecule has 1 fully saturated rings. The van der Waals surface area contributed by atoms with Crippen molar-refractivity contribution in [3.05, 3.63) is 79.8 Å². The maximum absolute atomic E-state index is 13.2. The third-order valence-corrected chi connectivity index (χ3v) is 6.57. The van der Waals surface area contributed by atoms with Gasteiger partial charge in [0.2, 0.25) is 5.13 Å². The van der Waals surface area contributed by atoms with Gasteiger partial charge in [0.1, 0.15) is 22.6 Å². The summed E-state index contributed by atoms with van der Waals surface area (Å²) in [6.45, 7) is 3.63. The van der Waals surface area contributed by atoms with Crippen molar-refractivity contribution in [1.29, 1.82) is 0 Å². The Labute approximate surface area is 197 Å². The van der Waals surface area contributed by atoms with Gasteiger partial charge in [-0.05, 0) is 43.2 Å². The molecule has 0 spiro atoms. The predicted octanol–water partition coefficient (Wildman–Crippen LogP) is 3.70. The fourth-order valence-electron chi connectivity index (χ4n) is 4.26. The number of aryl methyl sites for hydroxylation is 1. The van der Waals surface area contributed by atoms with Gasteiger partial charge in [-0.3, -0.25) is 24.6 Å². The van der Waals surface area contributed by atoms with E-state index in [-0.39, 0.29) is 28.3 Å². The van der Waals surface area contributed by atoms with Gasteiger partial charge in [0.05, 0.1) is 16.5 Å². The molecular weight excluding hydrogens is 460 g/mol. The van der Waals surface area contributed by atoms with E-state index in [1.54, 1.807) is 31.2 Å². The molecule has 2 unspecified atom stereocenters. The van der Waals surface area contributed by atoms with E-state index in [1.165, 1.54) is 18.2 Å². The zero-order valence-corrected chi connectivity index (χ0v) is 18.9. The Hall–Kier alpha value is -4.12. The zero-order chi connectivity index (χ0) is 24.1. The largest absolute Gasteiger partial charge is 0.507 e. The minimum atomic E-state index is -1.12. The number of nitro benzene ring substituents is 1. The number of aromatic nitrogens is 2. The first kappa shape index (κ1) is 21.7. The van der Waals surface area contributed by atoms with Gasteiger partial charge in [-0.25, -0.2) is 0 Å². The number of rotatable bonds is 4. The van der Waals surface area contributed by atoms with Crippen molar-refractivity contribution in [2.24, 2.45) is 0 Å². The van der Waals surface area contributed by atoms with Crippen molar-refractivity contribution in [3.8, 4) is 5.75 Å². The number of fused-ring (bicyclic) bond motifs is 1. The molecule has 5 rings (SSSR count). The molecule has 0 radical (unpaired) electrons. The number of carbonyl (C=O) groups excluding carboxylic acids is 2. The second-order valence-corrected chi connectivity index (χ2v) is 9.24. The summed E-state index contributed by atoms with van der Waals surface area (Å²) in [6.07, 6.45) is 0.631. The number of ketones is 1. The van der Waals surface area contributed by atoms with Crippen LogP contribution in [-0.4, -0.2) is 38.0 Å². The number of amides is 1. The van der Waals surface area contributed by atoms with Crippen molar-refractivity contribution in [1.82, 2.24) is 10.2 Å². The Morgan fingerprint density at radius 2 is 2.03 bits per heavy atom. The van der Waals surface area contributed by atoms with Crippen LogP contribution in [0.2, 0.25) is 0 Å². The minimum Gasteiger partial charge on any atom is -0.507 e. The highest BCUT2D eigenvalue weighted by molar-refractivity contribution is 7.15. The van der Waals surface area contributed by atoms with Crippen LogP contribution in [0.5, 0.6) is 5.75 Å². The molecule has 1 aromatic heterocycles. The standard InChI is InChI=1S/C23H18N4O6S/c1-11-8-15-9-14(6-7-17(15)33-11)20(28)18-19(13-4-3-5-16(10-13)27(31)32)26(22(30)21(18)29)23-25-24-12(2)34-23/h3-7,9-11,19,28H,8H2,1-2H3/b20-18-. The summed E-state index contributed by atoms with van der Waals surface area (Å²) in [5.41, 5.74) is 1.13. The summed E-state index contributed by atoms with van der Waals surface area (Å²) < 4.78 is 5.70. The first-order valence-electron chi connectivity index (χ1n) is 10.4. The van der Waals surface area contributed by atoms with Crippen molar-refractivity contribution in [3.63, 3.8) is 0 Å². The molecule has 1 amide bonds. The van der Waals surface area contributed by atoms with Gasteiger partial charge in [-0.2, -0.15) is 0 Å². The zero-order valence-electron chi connectivity index (χ0n) is 18.1. The molecule has 2 aliphatic rings. The van der Waals surface area contributed by atoms with Gasteiger partial charge in [0.25, 0.3) is 11.5 Å². The monoisotopic (exact) mass is 478 g/mol. The molecule has 0 bridgehead atoms. The van der Waals surface area contributed by atoms with Crippen LogP contribution in [0.4, 0.5) is 10.8 Å². The number of carbonyl (C=O) groups is 2. The van der Waals surface area contributed by atoms with Crippen LogP contribution in [0.1, 0.15) is 34.7 Å². The molecule has 34 heavy (non-hydrogen) atoms. The third-order valence-electron chi connectivity index (χ3n) is 5.73. The number of Topliss-reactive ketones (excluding diaryl/α,β-unsaturated/α-hetero) is 1. The molecular formula is C23H18N4O6S. The van der Waals surface area contributed by atoms with Crippen LogP contribution in [0.3, 0.4) is 0 Å². The highest BCUT2D eigenvalue weighted by atomic mass is 32.1. The van der Waals surface area contributed by atoms with Gasteiger partial charge < -0.3 is 9.84 Å². The Morgan fingerprint density at radius 1 is 1.24 bits per heavy atom. The quantitative estimate of drug-likeness (QED) is 0.197. The molecule has 2 atom stereocenters. The van der Waals surface area contributed by atoms with Crippen LogP contribution in [-0.2, 0) is 16.0 Å². The Balaban J connectivity index is 1.70. The van der Waals surface area contributed by atoms with Crippen LogP contribution in [0, 0.1) is 17.0 Å². The van der Waals surface area contributed by atoms with E-state index in [1.807, 2.05) is 6.92 Å². The molecule has 3 heterocycles. The Bertz CT molecular complexity index is 1400. The Kier molecular flexibility index (Phi) is 5.13. The van der Waals surface area contributed by atoms with Crippen molar-refractivity contribution >= 4 is 39.6 Å². The summed E-state index contributed by atoms with van der Waals surface area (Å²) in [4.78, 5) is 38.3.